The van der Waals surface area contributed by atoms with E-state index in [1.54, 1.807) is 18.2 Å². The van der Waals surface area contributed by atoms with Crippen molar-refractivity contribution in [3.63, 3.8) is 0 Å². The maximum Gasteiger partial charge on any atom is 0.325 e. The lowest BCUT2D eigenvalue weighted by Gasteiger charge is -2.25. The van der Waals surface area contributed by atoms with Crippen molar-refractivity contribution in [2.45, 2.75) is 32.9 Å². The third kappa shape index (κ3) is 3.98. The number of nitrogens with zero attached hydrogens (tertiary/aromatic N) is 3. The van der Waals surface area contributed by atoms with Gasteiger partial charge in [-0.05, 0) is 26.0 Å². The molecule has 1 aromatic carbocycles. The van der Waals surface area contributed by atoms with Crippen LogP contribution in [0.5, 0.6) is 0 Å². The van der Waals surface area contributed by atoms with Gasteiger partial charge < -0.3 is 9.64 Å². The van der Waals surface area contributed by atoms with E-state index in [4.69, 9.17) is 0 Å². The third-order valence-corrected chi connectivity index (χ3v) is 3.77. The Morgan fingerprint density at radius 2 is 2.00 bits per heavy atom. The quantitative estimate of drug-likeness (QED) is 0.743. The fourth-order valence-electron chi connectivity index (χ4n) is 2.39. The highest BCUT2D eigenvalue weighted by Crippen LogP contribution is 2.06. The number of rotatable bonds is 6. The summed E-state index contributed by atoms with van der Waals surface area (Å²) >= 11 is 0. The molecule has 1 heterocycles. The van der Waals surface area contributed by atoms with Gasteiger partial charge >= 0.3 is 5.97 Å². The molecule has 0 saturated carbocycles. The average Bonchev–Trinajstić information content (AvgIpc) is 2.58. The fourth-order valence-corrected chi connectivity index (χ4v) is 2.39. The molecule has 2 aromatic rings. The zero-order valence-electron chi connectivity index (χ0n) is 14.1. The Morgan fingerprint density at radius 3 is 2.67 bits per heavy atom. The Kier molecular flexibility index (Phi) is 5.68. The van der Waals surface area contributed by atoms with E-state index in [0.717, 1.165) is 0 Å². The molecule has 0 atom stereocenters. The molecule has 2 rings (SSSR count). The number of carbonyl (C=O) groups excluding carboxylic acids is 2. The number of hydrogen-bond donors (Lipinski definition) is 0. The molecule has 0 radical (unpaired) electrons. The minimum absolute atomic E-state index is 0.0993. The Balaban J connectivity index is 2.11. The number of ether oxygens (including phenoxy) is 1. The zero-order valence-corrected chi connectivity index (χ0v) is 14.1. The van der Waals surface area contributed by atoms with Crippen LogP contribution in [0, 0.1) is 0 Å². The second kappa shape index (κ2) is 7.72. The lowest BCUT2D eigenvalue weighted by atomic mass is 10.2. The van der Waals surface area contributed by atoms with E-state index in [0.29, 0.717) is 10.9 Å². The summed E-state index contributed by atoms with van der Waals surface area (Å²) in [5, 5.41) is 0.516. The summed E-state index contributed by atoms with van der Waals surface area (Å²) in [6.45, 7) is 3.76. The monoisotopic (exact) mass is 331 g/mol. The van der Waals surface area contributed by atoms with Gasteiger partial charge in [0, 0.05) is 19.0 Å². The Labute approximate surface area is 139 Å². The summed E-state index contributed by atoms with van der Waals surface area (Å²) < 4.78 is 6.03. The topological polar surface area (TPSA) is 81.5 Å². The summed E-state index contributed by atoms with van der Waals surface area (Å²) in [6, 6.07) is 6.93. The van der Waals surface area contributed by atoms with Gasteiger partial charge in [0.25, 0.3) is 5.56 Å². The second-order valence-corrected chi connectivity index (χ2v) is 5.70. The van der Waals surface area contributed by atoms with Gasteiger partial charge in [-0.25, -0.2) is 4.98 Å². The number of esters is 1. The van der Waals surface area contributed by atoms with Crippen molar-refractivity contribution < 1.29 is 14.3 Å². The summed E-state index contributed by atoms with van der Waals surface area (Å²) in [4.78, 5) is 41.8. The third-order valence-electron chi connectivity index (χ3n) is 3.77. The summed E-state index contributed by atoms with van der Waals surface area (Å²) in [7, 11) is 1.28. The number of methoxy groups -OCH3 is 1. The minimum Gasteiger partial charge on any atom is -0.468 e. The summed E-state index contributed by atoms with van der Waals surface area (Å²) in [5.41, 5.74) is 0.442. The molecule has 0 aliphatic rings. The maximum absolute atomic E-state index is 12.4. The Hall–Kier alpha value is -2.70. The first-order valence-electron chi connectivity index (χ1n) is 7.74. The Morgan fingerprint density at radius 1 is 1.29 bits per heavy atom. The first-order valence-corrected chi connectivity index (χ1v) is 7.74. The molecule has 0 unspecified atom stereocenters. The highest BCUT2D eigenvalue weighted by atomic mass is 16.5. The van der Waals surface area contributed by atoms with Gasteiger partial charge in [-0.15, -0.1) is 0 Å². The number of para-hydroxylation sites is 1. The van der Waals surface area contributed by atoms with Crippen LogP contribution in [0.3, 0.4) is 0 Å². The molecule has 7 nitrogen and oxygen atoms in total. The molecule has 128 valence electrons. The van der Waals surface area contributed by atoms with E-state index in [1.165, 1.54) is 22.9 Å². The molecule has 0 spiro atoms. The smallest absolute Gasteiger partial charge is 0.325 e. The van der Waals surface area contributed by atoms with Crippen molar-refractivity contribution in [1.82, 2.24) is 14.5 Å². The lowest BCUT2D eigenvalue weighted by Crippen LogP contribution is -2.41. The summed E-state index contributed by atoms with van der Waals surface area (Å²) in [6.07, 6.45) is 1.55. The van der Waals surface area contributed by atoms with Gasteiger partial charge in [0.2, 0.25) is 5.91 Å². The number of amides is 1. The van der Waals surface area contributed by atoms with Crippen molar-refractivity contribution in [1.29, 1.82) is 0 Å². The molecule has 0 bridgehead atoms. The van der Waals surface area contributed by atoms with Crippen molar-refractivity contribution in [2.24, 2.45) is 0 Å². The van der Waals surface area contributed by atoms with E-state index >= 15 is 0 Å². The van der Waals surface area contributed by atoms with E-state index in [-0.39, 0.29) is 37.0 Å². The highest BCUT2D eigenvalue weighted by Gasteiger charge is 2.20. The molecule has 7 heteroatoms. The normalized spacial score (nSPS) is 10.8. The molecule has 0 saturated heterocycles. The molecule has 0 N–H and O–H groups in total. The highest BCUT2D eigenvalue weighted by molar-refractivity contribution is 5.82. The van der Waals surface area contributed by atoms with Crippen molar-refractivity contribution in [2.75, 3.05) is 13.7 Å². The molecule has 24 heavy (non-hydrogen) atoms. The van der Waals surface area contributed by atoms with Gasteiger partial charge in [-0.3, -0.25) is 19.0 Å². The standard InChI is InChI=1S/C17H21N3O4/c1-12(2)20(10-16(22)24-3)15(21)8-9-19-11-18-14-7-5-4-6-13(14)17(19)23/h4-7,11-12H,8-10H2,1-3H3. The minimum atomic E-state index is -0.471. The van der Waals surface area contributed by atoms with Crippen molar-refractivity contribution in [3.8, 4) is 0 Å². The van der Waals surface area contributed by atoms with E-state index < -0.39 is 5.97 Å². The number of aromatic nitrogens is 2. The zero-order chi connectivity index (χ0) is 17.7. The number of hydrogen-bond acceptors (Lipinski definition) is 5. The molecular formula is C17H21N3O4. The van der Waals surface area contributed by atoms with Crippen LogP contribution in [0.15, 0.2) is 35.4 Å². The van der Waals surface area contributed by atoms with Gasteiger partial charge in [-0.1, -0.05) is 12.1 Å². The van der Waals surface area contributed by atoms with Gasteiger partial charge in [0.1, 0.15) is 6.54 Å². The van der Waals surface area contributed by atoms with Gasteiger partial charge in [0.15, 0.2) is 0 Å². The predicted octanol–water partition coefficient (Wildman–Crippen LogP) is 1.20. The van der Waals surface area contributed by atoms with E-state index in [2.05, 4.69) is 9.72 Å². The molecule has 1 aromatic heterocycles. The van der Waals surface area contributed by atoms with Crippen LogP contribution >= 0.6 is 0 Å². The van der Waals surface area contributed by atoms with Gasteiger partial charge in [0.05, 0.1) is 24.3 Å². The van der Waals surface area contributed by atoms with Crippen LogP contribution in [0.4, 0.5) is 0 Å². The number of benzene rings is 1. The van der Waals surface area contributed by atoms with Crippen LogP contribution in [0.2, 0.25) is 0 Å². The molecule has 0 aliphatic heterocycles. The second-order valence-electron chi connectivity index (χ2n) is 5.70. The fraction of sp³-hybridized carbons (Fsp3) is 0.412. The van der Waals surface area contributed by atoms with Crippen LogP contribution < -0.4 is 5.56 Å². The first-order chi connectivity index (χ1) is 11.4. The molecular weight excluding hydrogens is 310 g/mol. The van der Waals surface area contributed by atoms with Crippen LogP contribution in [-0.2, 0) is 20.9 Å². The predicted molar refractivity (Wildman–Crippen MR) is 89.5 cm³/mol. The number of carbonyl (C=O) groups is 2. The van der Waals surface area contributed by atoms with Gasteiger partial charge in [-0.2, -0.15) is 0 Å². The van der Waals surface area contributed by atoms with Crippen molar-refractivity contribution in [3.05, 3.63) is 40.9 Å². The van der Waals surface area contributed by atoms with Crippen LogP contribution in [-0.4, -0.2) is 46.0 Å². The van der Waals surface area contributed by atoms with E-state index in [1.807, 2.05) is 19.9 Å². The first kappa shape index (κ1) is 17.7. The van der Waals surface area contributed by atoms with Crippen LogP contribution in [0.1, 0.15) is 20.3 Å². The SMILES string of the molecule is COC(=O)CN(C(=O)CCn1cnc2ccccc2c1=O)C(C)C. The van der Waals surface area contributed by atoms with E-state index in [9.17, 15) is 14.4 Å². The summed E-state index contributed by atoms with van der Waals surface area (Å²) in [5.74, 6) is -0.683. The molecule has 1 amide bonds. The lowest BCUT2D eigenvalue weighted by molar-refractivity contribution is -0.148. The largest absolute Gasteiger partial charge is 0.468 e. The molecule has 0 fully saturated rings. The van der Waals surface area contributed by atoms with Crippen molar-refractivity contribution >= 4 is 22.8 Å². The van der Waals surface area contributed by atoms with Crippen LogP contribution in [0.25, 0.3) is 10.9 Å². The maximum atomic E-state index is 12.4. The Bertz CT molecular complexity index is 798. The number of fused-ring (bicyclic) bond motifs is 1. The molecule has 0 aliphatic carbocycles. The average molecular weight is 331 g/mol. The number of aryl methyl sites for hydroxylation is 1.